The zero-order chi connectivity index (χ0) is 28.3. The van der Waals surface area contributed by atoms with E-state index in [4.69, 9.17) is 9.47 Å². The Morgan fingerprint density at radius 1 is 0.575 bits per heavy atom. The molecular formula is C36H58N2O2. The van der Waals surface area contributed by atoms with Crippen molar-refractivity contribution in [1.29, 1.82) is 0 Å². The molecule has 2 heterocycles. The van der Waals surface area contributed by atoms with E-state index in [2.05, 4.69) is 79.1 Å². The van der Waals surface area contributed by atoms with Crippen LogP contribution in [0.1, 0.15) is 117 Å². The maximum absolute atomic E-state index is 6.09. The van der Waals surface area contributed by atoms with Gasteiger partial charge in [-0.05, 0) is 106 Å². The number of piperidine rings is 2. The molecule has 1 atom stereocenters. The highest BCUT2D eigenvalue weighted by Crippen LogP contribution is 2.25. The van der Waals surface area contributed by atoms with E-state index in [-0.39, 0.29) is 0 Å². The van der Waals surface area contributed by atoms with Crippen molar-refractivity contribution in [3.05, 3.63) is 48.5 Å². The van der Waals surface area contributed by atoms with Gasteiger partial charge in [-0.3, -0.25) is 0 Å². The summed E-state index contributed by atoms with van der Waals surface area (Å²) < 4.78 is 11.9. The normalized spacial score (nSPS) is 16.2. The van der Waals surface area contributed by atoms with Gasteiger partial charge in [0.25, 0.3) is 0 Å². The first-order valence-corrected chi connectivity index (χ1v) is 16.7. The lowest BCUT2D eigenvalue weighted by molar-refractivity contribution is 0.183. The number of anilines is 2. The zero-order valence-corrected chi connectivity index (χ0v) is 26.0. The van der Waals surface area contributed by atoms with Crippen LogP contribution in [0.15, 0.2) is 48.5 Å². The van der Waals surface area contributed by atoms with E-state index in [1.807, 2.05) is 0 Å². The molecule has 40 heavy (non-hydrogen) atoms. The van der Waals surface area contributed by atoms with Crippen molar-refractivity contribution in [3.8, 4) is 11.5 Å². The molecule has 2 aliphatic heterocycles. The van der Waals surface area contributed by atoms with Gasteiger partial charge in [-0.15, -0.1) is 0 Å². The summed E-state index contributed by atoms with van der Waals surface area (Å²) in [5, 5.41) is 0. The lowest BCUT2D eigenvalue weighted by Crippen LogP contribution is -2.29. The third kappa shape index (κ3) is 12.0. The molecule has 4 nitrogen and oxygen atoms in total. The SMILES string of the molecule is CCCCC(CC)Oc1ccc(N2CCCCC2)cc1.CCCCCCCOc1ccc(N2CCCCC2)cc1. The Bertz CT molecular complexity index is 871. The van der Waals surface area contributed by atoms with E-state index in [1.165, 1.54) is 127 Å². The molecule has 0 saturated carbocycles. The maximum atomic E-state index is 6.09. The first-order valence-electron chi connectivity index (χ1n) is 16.7. The second kappa shape index (κ2) is 19.7. The van der Waals surface area contributed by atoms with E-state index >= 15 is 0 Å². The summed E-state index contributed by atoms with van der Waals surface area (Å²) in [7, 11) is 0. The average molecular weight is 551 g/mol. The molecule has 0 N–H and O–H groups in total. The summed E-state index contributed by atoms with van der Waals surface area (Å²) in [6.07, 6.45) is 19.7. The molecule has 0 aliphatic carbocycles. The molecule has 0 spiro atoms. The van der Waals surface area contributed by atoms with Crippen LogP contribution in [0, 0.1) is 0 Å². The van der Waals surface area contributed by atoms with Gasteiger partial charge in [-0.1, -0.05) is 59.3 Å². The fourth-order valence-electron chi connectivity index (χ4n) is 5.66. The van der Waals surface area contributed by atoms with E-state index in [1.54, 1.807) is 0 Å². The smallest absolute Gasteiger partial charge is 0.119 e. The second-order valence-electron chi connectivity index (χ2n) is 11.6. The maximum Gasteiger partial charge on any atom is 0.119 e. The Kier molecular flexibility index (Phi) is 15.8. The predicted molar refractivity (Wildman–Crippen MR) is 173 cm³/mol. The van der Waals surface area contributed by atoms with Crippen LogP contribution in [0.2, 0.25) is 0 Å². The molecule has 4 heteroatoms. The van der Waals surface area contributed by atoms with Gasteiger partial charge in [0.15, 0.2) is 0 Å². The summed E-state index contributed by atoms with van der Waals surface area (Å²) in [5.74, 6) is 2.04. The van der Waals surface area contributed by atoms with Gasteiger partial charge in [0.2, 0.25) is 0 Å². The van der Waals surface area contributed by atoms with Crippen molar-refractivity contribution in [1.82, 2.24) is 0 Å². The number of hydrogen-bond acceptors (Lipinski definition) is 4. The van der Waals surface area contributed by atoms with E-state index in [9.17, 15) is 0 Å². The largest absolute Gasteiger partial charge is 0.494 e. The Morgan fingerprint density at radius 3 is 1.57 bits per heavy atom. The Hall–Kier alpha value is -2.36. The summed E-state index contributed by atoms with van der Waals surface area (Å²) >= 11 is 0. The molecule has 2 aromatic rings. The Morgan fingerprint density at radius 2 is 1.07 bits per heavy atom. The molecule has 4 rings (SSSR count). The second-order valence-corrected chi connectivity index (χ2v) is 11.6. The molecule has 1 unspecified atom stereocenters. The number of unbranched alkanes of at least 4 members (excludes halogenated alkanes) is 5. The van der Waals surface area contributed by atoms with Crippen LogP contribution in [0.5, 0.6) is 11.5 Å². The van der Waals surface area contributed by atoms with Crippen LogP contribution in [-0.2, 0) is 0 Å². The molecule has 0 amide bonds. The van der Waals surface area contributed by atoms with Crippen LogP contribution in [-0.4, -0.2) is 38.9 Å². The van der Waals surface area contributed by atoms with E-state index in [0.29, 0.717) is 6.10 Å². The molecule has 0 radical (unpaired) electrons. The number of benzene rings is 2. The molecule has 0 aromatic heterocycles. The standard InChI is InChI=1S/2C18H29NO/c1-3-5-9-17(4-2)20-18-12-10-16(11-13-18)19-14-7-6-8-15-19;1-2-3-4-5-9-16-20-18-12-10-17(11-13-18)19-14-7-6-8-15-19/h10-13,17H,3-9,14-15H2,1-2H3;10-13H,2-9,14-16H2,1H3. The van der Waals surface area contributed by atoms with Gasteiger partial charge < -0.3 is 19.3 Å². The van der Waals surface area contributed by atoms with E-state index in [0.717, 1.165) is 24.5 Å². The van der Waals surface area contributed by atoms with Crippen molar-refractivity contribution in [2.24, 2.45) is 0 Å². The van der Waals surface area contributed by atoms with Crippen molar-refractivity contribution in [2.75, 3.05) is 42.6 Å². The first kappa shape index (κ1) is 32.2. The number of ether oxygens (including phenoxy) is 2. The van der Waals surface area contributed by atoms with Gasteiger partial charge in [0, 0.05) is 37.6 Å². The summed E-state index contributed by atoms with van der Waals surface area (Å²) in [6, 6.07) is 17.4. The van der Waals surface area contributed by atoms with Crippen LogP contribution in [0.25, 0.3) is 0 Å². The van der Waals surface area contributed by atoms with Crippen molar-refractivity contribution < 1.29 is 9.47 Å². The first-order chi connectivity index (χ1) is 19.7. The van der Waals surface area contributed by atoms with Gasteiger partial charge in [0.1, 0.15) is 11.5 Å². The highest BCUT2D eigenvalue weighted by Gasteiger charge is 2.12. The molecular weight excluding hydrogens is 492 g/mol. The summed E-state index contributed by atoms with van der Waals surface area (Å²) in [6.45, 7) is 12.4. The zero-order valence-electron chi connectivity index (χ0n) is 26.0. The van der Waals surface area contributed by atoms with Gasteiger partial charge in [0.05, 0.1) is 12.7 Å². The van der Waals surface area contributed by atoms with Crippen molar-refractivity contribution in [3.63, 3.8) is 0 Å². The van der Waals surface area contributed by atoms with Crippen LogP contribution >= 0.6 is 0 Å². The fraction of sp³-hybridized carbons (Fsp3) is 0.667. The van der Waals surface area contributed by atoms with Crippen LogP contribution < -0.4 is 19.3 Å². The third-order valence-corrected chi connectivity index (χ3v) is 8.27. The molecule has 2 fully saturated rings. The monoisotopic (exact) mass is 550 g/mol. The third-order valence-electron chi connectivity index (χ3n) is 8.27. The van der Waals surface area contributed by atoms with Crippen molar-refractivity contribution in [2.45, 2.75) is 123 Å². The predicted octanol–water partition coefficient (Wildman–Crippen LogP) is 10.1. The fourth-order valence-corrected chi connectivity index (χ4v) is 5.66. The highest BCUT2D eigenvalue weighted by atomic mass is 16.5. The molecule has 224 valence electrons. The minimum absolute atomic E-state index is 0.371. The lowest BCUT2D eigenvalue weighted by Gasteiger charge is -2.29. The molecule has 2 aromatic carbocycles. The lowest BCUT2D eigenvalue weighted by atomic mass is 10.1. The minimum atomic E-state index is 0.371. The highest BCUT2D eigenvalue weighted by molar-refractivity contribution is 5.50. The Labute approximate surface area is 246 Å². The molecule has 2 saturated heterocycles. The average Bonchev–Trinajstić information content (AvgIpc) is 3.03. The van der Waals surface area contributed by atoms with Gasteiger partial charge in [-0.2, -0.15) is 0 Å². The topological polar surface area (TPSA) is 24.9 Å². The molecule has 2 aliphatic rings. The number of hydrogen-bond donors (Lipinski definition) is 0. The van der Waals surface area contributed by atoms with Crippen LogP contribution in [0.4, 0.5) is 11.4 Å². The van der Waals surface area contributed by atoms with Gasteiger partial charge in [-0.25, -0.2) is 0 Å². The summed E-state index contributed by atoms with van der Waals surface area (Å²) in [5.41, 5.74) is 2.69. The van der Waals surface area contributed by atoms with Gasteiger partial charge >= 0.3 is 0 Å². The Balaban J connectivity index is 0.000000220. The summed E-state index contributed by atoms with van der Waals surface area (Å²) in [4.78, 5) is 4.97. The van der Waals surface area contributed by atoms with E-state index < -0.39 is 0 Å². The minimum Gasteiger partial charge on any atom is -0.494 e. The number of nitrogens with zero attached hydrogens (tertiary/aromatic N) is 2. The van der Waals surface area contributed by atoms with Crippen molar-refractivity contribution >= 4 is 11.4 Å². The number of rotatable bonds is 15. The molecule has 0 bridgehead atoms. The van der Waals surface area contributed by atoms with Crippen LogP contribution in [0.3, 0.4) is 0 Å². The quantitative estimate of drug-likeness (QED) is 0.206.